The summed E-state index contributed by atoms with van der Waals surface area (Å²) in [6, 6.07) is 0. The zero-order valence-corrected chi connectivity index (χ0v) is 20.0. The Morgan fingerprint density at radius 2 is 1.80 bits per heavy atom. The van der Waals surface area contributed by atoms with Crippen molar-refractivity contribution in [3.8, 4) is 0 Å². The second-order valence-electron chi connectivity index (χ2n) is 12.6. The summed E-state index contributed by atoms with van der Waals surface area (Å²) < 4.78 is 0. The molecule has 172 valence electrons. The molecule has 9 atom stereocenters. The van der Waals surface area contributed by atoms with Crippen molar-refractivity contribution in [2.24, 2.45) is 40.4 Å². The third kappa shape index (κ3) is 3.71. The first-order valence-electron chi connectivity index (χ1n) is 12.7. The minimum absolute atomic E-state index is 0.120. The lowest BCUT2D eigenvalue weighted by molar-refractivity contribution is -0.0656. The van der Waals surface area contributed by atoms with Crippen LogP contribution in [0.15, 0.2) is 11.6 Å². The van der Waals surface area contributed by atoms with Crippen molar-refractivity contribution in [1.82, 2.24) is 0 Å². The number of aliphatic hydroxyl groups is 3. The van der Waals surface area contributed by atoms with Gasteiger partial charge < -0.3 is 15.3 Å². The number of aliphatic hydroxyl groups excluding tert-OH is 2. The zero-order chi connectivity index (χ0) is 21.9. The molecule has 3 saturated carbocycles. The Bertz CT molecular complexity index is 664. The zero-order valence-electron chi connectivity index (χ0n) is 20.0. The fourth-order valence-electron chi connectivity index (χ4n) is 8.59. The van der Waals surface area contributed by atoms with Crippen molar-refractivity contribution in [3.63, 3.8) is 0 Å². The van der Waals surface area contributed by atoms with Gasteiger partial charge in [-0.1, -0.05) is 32.4 Å². The first-order valence-corrected chi connectivity index (χ1v) is 12.7. The Balaban J connectivity index is 1.47. The fraction of sp³-hybridized carbons (Fsp3) is 0.926. The summed E-state index contributed by atoms with van der Waals surface area (Å²) in [5, 5.41) is 30.6. The van der Waals surface area contributed by atoms with Crippen molar-refractivity contribution in [3.05, 3.63) is 11.6 Å². The van der Waals surface area contributed by atoms with Gasteiger partial charge in [0, 0.05) is 0 Å². The average Bonchev–Trinajstić information content (AvgIpc) is 3.03. The molecule has 0 unspecified atom stereocenters. The van der Waals surface area contributed by atoms with E-state index in [9.17, 15) is 15.3 Å². The molecule has 3 nitrogen and oxygen atoms in total. The van der Waals surface area contributed by atoms with E-state index in [1.807, 2.05) is 0 Å². The van der Waals surface area contributed by atoms with E-state index >= 15 is 0 Å². The molecular weight excluding hydrogens is 372 g/mol. The molecule has 30 heavy (non-hydrogen) atoms. The molecule has 4 aliphatic carbocycles. The maximum absolute atomic E-state index is 10.3. The van der Waals surface area contributed by atoms with Crippen LogP contribution in [0.5, 0.6) is 0 Å². The highest BCUT2D eigenvalue weighted by Gasteiger charge is 2.59. The van der Waals surface area contributed by atoms with E-state index in [2.05, 4.69) is 26.8 Å². The van der Waals surface area contributed by atoms with Gasteiger partial charge in [0.2, 0.25) is 0 Å². The van der Waals surface area contributed by atoms with Gasteiger partial charge >= 0.3 is 0 Å². The van der Waals surface area contributed by atoms with Crippen LogP contribution in [-0.4, -0.2) is 33.1 Å². The Kier molecular flexibility index (Phi) is 5.99. The monoisotopic (exact) mass is 418 g/mol. The molecule has 3 heteroatoms. The molecule has 0 amide bonds. The summed E-state index contributed by atoms with van der Waals surface area (Å²) in [4.78, 5) is 0. The lowest BCUT2D eigenvalue weighted by Crippen LogP contribution is -2.50. The van der Waals surface area contributed by atoms with Gasteiger partial charge in [0.25, 0.3) is 0 Å². The predicted molar refractivity (Wildman–Crippen MR) is 122 cm³/mol. The molecule has 0 heterocycles. The summed E-state index contributed by atoms with van der Waals surface area (Å²) in [6.07, 6.45) is 13.1. The first kappa shape index (κ1) is 22.8. The predicted octanol–water partition coefficient (Wildman–Crippen LogP) is 5.47. The normalized spacial score (nSPS) is 45.7. The van der Waals surface area contributed by atoms with E-state index in [1.54, 1.807) is 19.4 Å². The number of rotatable bonds is 5. The number of hydrogen-bond acceptors (Lipinski definition) is 3. The van der Waals surface area contributed by atoms with Gasteiger partial charge in [-0.15, -0.1) is 0 Å². The van der Waals surface area contributed by atoms with Crippen LogP contribution in [0, 0.1) is 40.4 Å². The first-order chi connectivity index (χ1) is 14.0. The van der Waals surface area contributed by atoms with Gasteiger partial charge in [0.15, 0.2) is 0 Å². The van der Waals surface area contributed by atoms with Gasteiger partial charge in [0.05, 0.1) is 17.8 Å². The summed E-state index contributed by atoms with van der Waals surface area (Å²) >= 11 is 0. The lowest BCUT2D eigenvalue weighted by Gasteiger charge is -2.58. The molecule has 0 aromatic heterocycles. The molecule has 4 rings (SSSR count). The van der Waals surface area contributed by atoms with Crippen LogP contribution >= 0.6 is 0 Å². The highest BCUT2D eigenvalue weighted by atomic mass is 16.3. The Labute approximate surface area is 184 Å². The van der Waals surface area contributed by atoms with Crippen molar-refractivity contribution >= 4 is 0 Å². The summed E-state index contributed by atoms with van der Waals surface area (Å²) in [5.41, 5.74) is 1.31. The molecule has 0 saturated heterocycles. The standard InChI is InChI=1S/C27H46O3/c1-17(6-11-24(29)25(2,3)30)21-9-10-22-20-8-7-18-16-19(28)12-14-26(18,4)23(20)13-15-27(21,22)5/h7,17,19-24,28-30H,6,8-16H2,1-5H3/t17-,19-,20-,21-,22-,23-,24-,26+,27-/m0/s1. The molecule has 0 aromatic carbocycles. The lowest BCUT2D eigenvalue weighted by atomic mass is 9.47. The Morgan fingerprint density at radius 3 is 2.50 bits per heavy atom. The quantitative estimate of drug-likeness (QED) is 0.519. The van der Waals surface area contributed by atoms with E-state index in [0.29, 0.717) is 23.2 Å². The number of fused-ring (bicyclic) bond motifs is 5. The topological polar surface area (TPSA) is 60.7 Å². The molecule has 0 radical (unpaired) electrons. The molecule has 3 fully saturated rings. The second kappa shape index (κ2) is 7.89. The highest BCUT2D eigenvalue weighted by molar-refractivity contribution is 5.25. The minimum atomic E-state index is -1.00. The van der Waals surface area contributed by atoms with Gasteiger partial charge in [-0.2, -0.15) is 0 Å². The summed E-state index contributed by atoms with van der Waals surface area (Å²) in [7, 11) is 0. The fourth-order valence-corrected chi connectivity index (χ4v) is 8.59. The van der Waals surface area contributed by atoms with Crippen LogP contribution in [-0.2, 0) is 0 Å². The maximum Gasteiger partial charge on any atom is 0.0849 e. The van der Waals surface area contributed by atoms with Crippen molar-refractivity contribution in [2.45, 2.75) is 117 Å². The van der Waals surface area contributed by atoms with Crippen molar-refractivity contribution in [2.75, 3.05) is 0 Å². The second-order valence-corrected chi connectivity index (χ2v) is 12.6. The summed E-state index contributed by atoms with van der Waals surface area (Å²) in [5.74, 6) is 3.78. The van der Waals surface area contributed by atoms with E-state index in [4.69, 9.17) is 0 Å². The summed E-state index contributed by atoms with van der Waals surface area (Å²) in [6.45, 7) is 10.9. The van der Waals surface area contributed by atoms with Crippen molar-refractivity contribution < 1.29 is 15.3 Å². The van der Waals surface area contributed by atoms with Gasteiger partial charge in [-0.25, -0.2) is 0 Å². The van der Waals surface area contributed by atoms with Crippen LogP contribution in [0.2, 0.25) is 0 Å². The molecular formula is C27H46O3. The van der Waals surface area contributed by atoms with E-state index in [0.717, 1.165) is 42.9 Å². The molecule has 0 bridgehead atoms. The van der Waals surface area contributed by atoms with Crippen molar-refractivity contribution in [1.29, 1.82) is 0 Å². The maximum atomic E-state index is 10.3. The smallest absolute Gasteiger partial charge is 0.0849 e. The van der Waals surface area contributed by atoms with Crippen LogP contribution in [0.25, 0.3) is 0 Å². The SMILES string of the molecule is C[C@@H](CC[C@H](O)C(C)(C)O)[C@@H]1CC[C@H]2[C@@H]3CC=C4C[C@@H](O)CC[C@@]4(C)[C@H]3CC[C@]21C. The van der Waals surface area contributed by atoms with Crippen LogP contribution in [0.1, 0.15) is 98.8 Å². The Morgan fingerprint density at radius 1 is 1.07 bits per heavy atom. The largest absolute Gasteiger partial charge is 0.393 e. The highest BCUT2D eigenvalue weighted by Crippen LogP contribution is 2.67. The molecule has 4 aliphatic rings. The molecule has 0 aliphatic heterocycles. The van der Waals surface area contributed by atoms with Crippen LogP contribution < -0.4 is 0 Å². The van der Waals surface area contributed by atoms with E-state index in [-0.39, 0.29) is 6.10 Å². The van der Waals surface area contributed by atoms with Gasteiger partial charge in [-0.05, 0) is 118 Å². The third-order valence-corrected chi connectivity index (χ3v) is 10.5. The molecule has 0 aromatic rings. The number of hydrogen-bond donors (Lipinski definition) is 3. The molecule has 0 spiro atoms. The van der Waals surface area contributed by atoms with Crippen LogP contribution in [0.4, 0.5) is 0 Å². The van der Waals surface area contributed by atoms with Gasteiger partial charge in [0.1, 0.15) is 0 Å². The van der Waals surface area contributed by atoms with Crippen LogP contribution in [0.3, 0.4) is 0 Å². The molecule has 3 N–H and O–H groups in total. The van der Waals surface area contributed by atoms with E-state index in [1.165, 1.54) is 38.5 Å². The Hall–Kier alpha value is -0.380. The van der Waals surface area contributed by atoms with Gasteiger partial charge in [-0.3, -0.25) is 0 Å². The van der Waals surface area contributed by atoms with E-state index < -0.39 is 11.7 Å². The third-order valence-electron chi connectivity index (χ3n) is 10.5. The number of allylic oxidation sites excluding steroid dienone is 1. The minimum Gasteiger partial charge on any atom is -0.393 e. The average molecular weight is 419 g/mol.